The van der Waals surface area contributed by atoms with Crippen LogP contribution in [0.25, 0.3) is 21.9 Å². The van der Waals surface area contributed by atoms with Gasteiger partial charge < -0.3 is 4.42 Å². The Morgan fingerprint density at radius 1 is 1.05 bits per heavy atom. The number of rotatable bonds is 2. The molecule has 0 N–H and O–H groups in total. The van der Waals surface area contributed by atoms with E-state index in [2.05, 4.69) is 35.8 Å². The molecule has 20 heavy (non-hydrogen) atoms. The van der Waals surface area contributed by atoms with E-state index in [-0.39, 0.29) is 5.43 Å². The first-order valence-corrected chi connectivity index (χ1v) is 7.61. The van der Waals surface area contributed by atoms with E-state index in [1.54, 1.807) is 0 Å². The summed E-state index contributed by atoms with van der Waals surface area (Å²) in [6.45, 7) is 4.18. The van der Waals surface area contributed by atoms with Crippen molar-refractivity contribution in [2.45, 2.75) is 26.7 Å². The van der Waals surface area contributed by atoms with Crippen molar-refractivity contribution in [3.63, 3.8) is 0 Å². The van der Waals surface area contributed by atoms with E-state index in [1.807, 2.05) is 24.3 Å². The fourth-order valence-electron chi connectivity index (χ4n) is 2.53. The third kappa shape index (κ3) is 2.06. The van der Waals surface area contributed by atoms with Crippen LogP contribution in [-0.4, -0.2) is 0 Å². The molecule has 0 saturated heterocycles. The zero-order chi connectivity index (χ0) is 14.3. The molecule has 2 aromatic carbocycles. The molecule has 0 spiro atoms. The number of hydrogen-bond acceptors (Lipinski definition) is 2. The van der Waals surface area contributed by atoms with Gasteiger partial charge in [-0.25, -0.2) is 0 Å². The van der Waals surface area contributed by atoms with Crippen LogP contribution in [0, 0.1) is 0 Å². The normalized spacial score (nSPS) is 11.3. The lowest BCUT2D eigenvalue weighted by Crippen LogP contribution is -2.04. The molecule has 0 atom stereocenters. The molecule has 0 unspecified atom stereocenters. The maximum atomic E-state index is 12.7. The summed E-state index contributed by atoms with van der Waals surface area (Å²) < 4.78 is 6.87. The van der Waals surface area contributed by atoms with Crippen molar-refractivity contribution in [1.82, 2.24) is 0 Å². The lowest BCUT2D eigenvalue weighted by atomic mass is 10.0. The van der Waals surface area contributed by atoms with Crippen molar-refractivity contribution in [3.8, 4) is 0 Å². The first-order valence-electron chi connectivity index (χ1n) is 6.82. The summed E-state index contributed by atoms with van der Waals surface area (Å²) in [4.78, 5) is 12.7. The second-order valence-corrected chi connectivity index (χ2v) is 5.83. The van der Waals surface area contributed by atoms with Crippen LogP contribution in [0.3, 0.4) is 0 Å². The summed E-state index contributed by atoms with van der Waals surface area (Å²) in [6.07, 6.45) is 1.77. The molecule has 102 valence electrons. The highest BCUT2D eigenvalue weighted by molar-refractivity contribution is 9.10. The van der Waals surface area contributed by atoms with E-state index in [0.717, 1.165) is 28.5 Å². The molecule has 0 saturated carbocycles. The van der Waals surface area contributed by atoms with Crippen molar-refractivity contribution >= 4 is 37.9 Å². The Kier molecular flexibility index (Phi) is 3.38. The van der Waals surface area contributed by atoms with Crippen LogP contribution in [0.4, 0.5) is 0 Å². The van der Waals surface area contributed by atoms with Gasteiger partial charge in [-0.2, -0.15) is 0 Å². The minimum atomic E-state index is 0.0487. The highest BCUT2D eigenvalue weighted by Crippen LogP contribution is 2.25. The third-order valence-electron chi connectivity index (χ3n) is 3.66. The van der Waals surface area contributed by atoms with Gasteiger partial charge in [0.1, 0.15) is 11.2 Å². The Morgan fingerprint density at radius 2 is 1.85 bits per heavy atom. The van der Waals surface area contributed by atoms with E-state index in [4.69, 9.17) is 4.42 Å². The van der Waals surface area contributed by atoms with E-state index in [1.165, 1.54) is 5.56 Å². The van der Waals surface area contributed by atoms with Gasteiger partial charge in [-0.1, -0.05) is 35.8 Å². The average Bonchev–Trinajstić information content (AvgIpc) is 2.47. The molecule has 0 fully saturated rings. The average molecular weight is 331 g/mol. The van der Waals surface area contributed by atoms with E-state index in [0.29, 0.717) is 16.4 Å². The molecule has 1 heterocycles. The molecule has 0 amide bonds. The molecule has 3 aromatic rings. The molecule has 0 aliphatic heterocycles. The Balaban J connectivity index is 2.52. The summed E-state index contributed by atoms with van der Waals surface area (Å²) >= 11 is 3.41. The largest absolute Gasteiger partial charge is 0.456 e. The minimum Gasteiger partial charge on any atom is -0.456 e. The molecule has 2 nitrogen and oxygen atoms in total. The fourth-order valence-corrected chi connectivity index (χ4v) is 2.90. The van der Waals surface area contributed by atoms with E-state index >= 15 is 0 Å². The zero-order valence-corrected chi connectivity index (χ0v) is 13.1. The zero-order valence-electron chi connectivity index (χ0n) is 11.5. The fraction of sp³-hybridized carbons (Fsp3) is 0.235. The molecular weight excluding hydrogens is 316 g/mol. The first-order chi connectivity index (χ1) is 9.63. The lowest BCUT2D eigenvalue weighted by Gasteiger charge is -2.08. The summed E-state index contributed by atoms with van der Waals surface area (Å²) in [5, 5.41) is 1.31. The van der Waals surface area contributed by atoms with Crippen LogP contribution in [0.1, 0.15) is 25.0 Å². The predicted octanol–water partition coefficient (Wildman–Crippen LogP) is 4.83. The minimum absolute atomic E-state index is 0.0487. The van der Waals surface area contributed by atoms with E-state index < -0.39 is 0 Å². The number of aryl methyl sites for hydroxylation is 2. The molecule has 3 heteroatoms. The van der Waals surface area contributed by atoms with Crippen LogP contribution in [0.5, 0.6) is 0 Å². The summed E-state index contributed by atoms with van der Waals surface area (Å²) in [5.74, 6) is 0. The van der Waals surface area contributed by atoms with Crippen LogP contribution in [-0.2, 0) is 12.8 Å². The Morgan fingerprint density at radius 3 is 2.55 bits per heavy atom. The monoisotopic (exact) mass is 330 g/mol. The summed E-state index contributed by atoms with van der Waals surface area (Å²) in [6, 6.07) is 9.65. The Hall–Kier alpha value is -1.61. The second kappa shape index (κ2) is 5.06. The number of halogens is 1. The molecule has 3 rings (SSSR count). The van der Waals surface area contributed by atoms with Gasteiger partial charge in [-0.15, -0.1) is 0 Å². The molecular formula is C17H15BrO2. The molecule has 1 aromatic heterocycles. The van der Waals surface area contributed by atoms with Crippen LogP contribution in [0.2, 0.25) is 0 Å². The van der Waals surface area contributed by atoms with Gasteiger partial charge in [0.25, 0.3) is 0 Å². The predicted molar refractivity (Wildman–Crippen MR) is 86.4 cm³/mol. The molecule has 0 aliphatic rings. The molecule has 0 bridgehead atoms. The highest BCUT2D eigenvalue weighted by Gasteiger charge is 2.12. The van der Waals surface area contributed by atoms with Gasteiger partial charge >= 0.3 is 0 Å². The maximum Gasteiger partial charge on any atom is 0.200 e. The molecule has 0 aliphatic carbocycles. The topological polar surface area (TPSA) is 30.2 Å². The first kappa shape index (κ1) is 13.4. The SMILES string of the molecule is CCc1cc(CC)c2oc3ccc(Br)cc3c(=O)c2c1. The van der Waals surface area contributed by atoms with Gasteiger partial charge in [0.05, 0.1) is 10.8 Å². The van der Waals surface area contributed by atoms with Gasteiger partial charge in [0.15, 0.2) is 0 Å². The van der Waals surface area contributed by atoms with Gasteiger partial charge in [-0.3, -0.25) is 4.79 Å². The standard InChI is InChI=1S/C17H15BrO2/c1-3-10-7-11(4-2)17-14(8-10)16(19)13-9-12(18)5-6-15(13)20-17/h5-9H,3-4H2,1-2H3. The van der Waals surface area contributed by atoms with Crippen molar-refractivity contribution < 1.29 is 4.42 Å². The number of benzene rings is 2. The van der Waals surface area contributed by atoms with Gasteiger partial charge in [-0.05, 0) is 48.2 Å². The van der Waals surface area contributed by atoms with E-state index in [9.17, 15) is 4.79 Å². The highest BCUT2D eigenvalue weighted by atomic mass is 79.9. The van der Waals surface area contributed by atoms with Crippen molar-refractivity contribution in [2.75, 3.05) is 0 Å². The quantitative estimate of drug-likeness (QED) is 0.630. The van der Waals surface area contributed by atoms with Crippen LogP contribution < -0.4 is 5.43 Å². The second-order valence-electron chi connectivity index (χ2n) is 4.91. The van der Waals surface area contributed by atoms with Crippen molar-refractivity contribution in [2.24, 2.45) is 0 Å². The van der Waals surface area contributed by atoms with Crippen LogP contribution in [0.15, 0.2) is 44.0 Å². The number of fused-ring (bicyclic) bond motifs is 2. The van der Waals surface area contributed by atoms with Gasteiger partial charge in [0.2, 0.25) is 5.43 Å². The van der Waals surface area contributed by atoms with Crippen molar-refractivity contribution in [3.05, 3.63) is 56.2 Å². The third-order valence-corrected chi connectivity index (χ3v) is 4.15. The molecule has 0 radical (unpaired) electrons. The maximum absolute atomic E-state index is 12.7. The van der Waals surface area contributed by atoms with Crippen molar-refractivity contribution in [1.29, 1.82) is 0 Å². The van der Waals surface area contributed by atoms with Crippen LogP contribution >= 0.6 is 15.9 Å². The number of hydrogen-bond donors (Lipinski definition) is 0. The lowest BCUT2D eigenvalue weighted by molar-refractivity contribution is 0.654. The Bertz CT molecular complexity index is 862. The van der Waals surface area contributed by atoms with Gasteiger partial charge in [0, 0.05) is 4.47 Å². The smallest absolute Gasteiger partial charge is 0.200 e. The Labute approximate surface area is 125 Å². The summed E-state index contributed by atoms with van der Waals surface area (Å²) in [5.41, 5.74) is 3.69. The summed E-state index contributed by atoms with van der Waals surface area (Å²) in [7, 11) is 0.